The molecule has 0 spiro atoms. The van der Waals surface area contributed by atoms with Crippen molar-refractivity contribution in [2.75, 3.05) is 23.3 Å². The normalized spacial score (nSPS) is 16.2. The van der Waals surface area contributed by atoms with E-state index in [-0.39, 0.29) is 6.04 Å². The molecule has 0 amide bonds. The lowest BCUT2D eigenvalue weighted by Crippen LogP contribution is -2.29. The van der Waals surface area contributed by atoms with Crippen LogP contribution in [0.4, 0.5) is 17.1 Å². The SMILES string of the molecule is CC(NO)c1ccc(Nc2ccc(N3CCCCC3)cc2)cc1. The summed E-state index contributed by atoms with van der Waals surface area (Å²) in [7, 11) is 0. The fourth-order valence-electron chi connectivity index (χ4n) is 3.00. The molecule has 0 radical (unpaired) electrons. The molecule has 2 aromatic carbocycles. The van der Waals surface area contributed by atoms with E-state index < -0.39 is 0 Å². The summed E-state index contributed by atoms with van der Waals surface area (Å²) in [5.41, 5.74) is 6.77. The van der Waals surface area contributed by atoms with Gasteiger partial charge < -0.3 is 15.4 Å². The Kier molecular flexibility index (Phi) is 5.16. The van der Waals surface area contributed by atoms with Crippen LogP contribution < -0.4 is 15.7 Å². The van der Waals surface area contributed by atoms with Crippen molar-refractivity contribution in [2.45, 2.75) is 32.2 Å². The second-order valence-electron chi connectivity index (χ2n) is 6.19. The van der Waals surface area contributed by atoms with Gasteiger partial charge in [-0.2, -0.15) is 5.48 Å². The molecule has 23 heavy (non-hydrogen) atoms. The molecule has 2 aromatic rings. The lowest BCUT2D eigenvalue weighted by molar-refractivity contribution is 0.133. The maximum absolute atomic E-state index is 8.96. The smallest absolute Gasteiger partial charge is 0.0540 e. The maximum Gasteiger partial charge on any atom is 0.0540 e. The Labute approximate surface area is 138 Å². The van der Waals surface area contributed by atoms with Crippen molar-refractivity contribution < 1.29 is 5.21 Å². The summed E-state index contributed by atoms with van der Waals surface area (Å²) in [6.07, 6.45) is 3.96. The molecule has 1 saturated heterocycles. The molecule has 1 aliphatic heterocycles. The quantitative estimate of drug-likeness (QED) is 0.714. The highest BCUT2D eigenvalue weighted by atomic mass is 16.5. The summed E-state index contributed by atoms with van der Waals surface area (Å²) in [6, 6.07) is 16.7. The Hall–Kier alpha value is -2.04. The number of nitrogens with one attached hydrogen (secondary N) is 2. The van der Waals surface area contributed by atoms with Gasteiger partial charge in [-0.25, -0.2) is 0 Å². The molecule has 4 nitrogen and oxygen atoms in total. The number of hydrogen-bond donors (Lipinski definition) is 3. The Bertz CT molecular complexity index is 604. The van der Waals surface area contributed by atoms with E-state index >= 15 is 0 Å². The minimum absolute atomic E-state index is 0.0622. The number of piperidine rings is 1. The van der Waals surface area contributed by atoms with Crippen LogP contribution in [0, 0.1) is 0 Å². The van der Waals surface area contributed by atoms with Gasteiger partial charge in [-0.3, -0.25) is 0 Å². The molecule has 3 rings (SSSR count). The Morgan fingerprint density at radius 2 is 1.43 bits per heavy atom. The van der Waals surface area contributed by atoms with Gasteiger partial charge in [-0.1, -0.05) is 12.1 Å². The molecule has 1 aliphatic rings. The third-order valence-electron chi connectivity index (χ3n) is 4.48. The molecule has 4 heteroatoms. The molecular formula is C19H25N3O. The Morgan fingerprint density at radius 1 is 0.870 bits per heavy atom. The Morgan fingerprint density at radius 3 is 2.00 bits per heavy atom. The molecule has 122 valence electrons. The van der Waals surface area contributed by atoms with Crippen LogP contribution in [0.25, 0.3) is 0 Å². The van der Waals surface area contributed by atoms with Gasteiger partial charge in [0, 0.05) is 30.2 Å². The molecule has 1 unspecified atom stereocenters. The van der Waals surface area contributed by atoms with Crippen molar-refractivity contribution in [3.8, 4) is 0 Å². The summed E-state index contributed by atoms with van der Waals surface area (Å²) >= 11 is 0. The third kappa shape index (κ3) is 4.03. The van der Waals surface area contributed by atoms with Crippen LogP contribution in [0.15, 0.2) is 48.5 Å². The molecule has 0 bridgehead atoms. The molecule has 1 atom stereocenters. The Balaban J connectivity index is 1.63. The van der Waals surface area contributed by atoms with Crippen LogP contribution in [-0.2, 0) is 0 Å². The molecule has 0 aliphatic carbocycles. The highest BCUT2D eigenvalue weighted by Crippen LogP contribution is 2.24. The summed E-state index contributed by atoms with van der Waals surface area (Å²) in [4.78, 5) is 2.46. The molecular weight excluding hydrogens is 286 g/mol. The van der Waals surface area contributed by atoms with E-state index in [2.05, 4.69) is 40.0 Å². The first kappa shape index (κ1) is 15.8. The number of hydroxylamine groups is 1. The zero-order valence-electron chi connectivity index (χ0n) is 13.6. The van der Waals surface area contributed by atoms with Crippen molar-refractivity contribution >= 4 is 17.1 Å². The standard InChI is InChI=1S/C19H25N3O/c1-15(21-23)16-5-7-17(8-6-16)20-18-9-11-19(12-10-18)22-13-3-2-4-14-22/h5-12,15,20-21,23H,2-4,13-14H2,1H3. The van der Waals surface area contributed by atoms with E-state index in [4.69, 9.17) is 5.21 Å². The van der Waals surface area contributed by atoms with E-state index in [1.807, 2.05) is 31.2 Å². The van der Waals surface area contributed by atoms with Crippen LogP contribution in [0.5, 0.6) is 0 Å². The second-order valence-corrected chi connectivity index (χ2v) is 6.19. The second kappa shape index (κ2) is 7.49. The van der Waals surface area contributed by atoms with Crippen LogP contribution in [0.2, 0.25) is 0 Å². The van der Waals surface area contributed by atoms with E-state index in [1.54, 1.807) is 0 Å². The van der Waals surface area contributed by atoms with Gasteiger partial charge in [0.2, 0.25) is 0 Å². The van der Waals surface area contributed by atoms with Crippen molar-refractivity contribution in [3.05, 3.63) is 54.1 Å². The monoisotopic (exact) mass is 311 g/mol. The lowest BCUT2D eigenvalue weighted by atomic mass is 10.1. The predicted octanol–water partition coefficient (Wildman–Crippen LogP) is 4.46. The number of anilines is 3. The lowest BCUT2D eigenvalue weighted by Gasteiger charge is -2.28. The van der Waals surface area contributed by atoms with E-state index in [9.17, 15) is 0 Å². The first-order valence-electron chi connectivity index (χ1n) is 8.38. The number of hydrogen-bond acceptors (Lipinski definition) is 4. The van der Waals surface area contributed by atoms with Crippen molar-refractivity contribution in [2.24, 2.45) is 0 Å². The fourth-order valence-corrected chi connectivity index (χ4v) is 3.00. The minimum atomic E-state index is -0.0622. The van der Waals surface area contributed by atoms with Crippen LogP contribution >= 0.6 is 0 Å². The largest absolute Gasteiger partial charge is 0.372 e. The summed E-state index contributed by atoms with van der Waals surface area (Å²) in [6.45, 7) is 4.26. The van der Waals surface area contributed by atoms with E-state index in [0.29, 0.717) is 0 Å². The highest BCUT2D eigenvalue weighted by molar-refractivity contribution is 5.63. The van der Waals surface area contributed by atoms with Crippen LogP contribution in [0.1, 0.15) is 37.8 Å². The molecule has 1 heterocycles. The molecule has 0 saturated carbocycles. The molecule has 1 fully saturated rings. The number of benzene rings is 2. The van der Waals surface area contributed by atoms with Crippen molar-refractivity contribution in [1.82, 2.24) is 5.48 Å². The maximum atomic E-state index is 8.96. The van der Waals surface area contributed by atoms with Crippen LogP contribution in [0.3, 0.4) is 0 Å². The van der Waals surface area contributed by atoms with Gasteiger partial charge in [0.05, 0.1) is 6.04 Å². The fraction of sp³-hybridized carbons (Fsp3) is 0.368. The first-order valence-corrected chi connectivity index (χ1v) is 8.38. The zero-order chi connectivity index (χ0) is 16.1. The minimum Gasteiger partial charge on any atom is -0.372 e. The third-order valence-corrected chi connectivity index (χ3v) is 4.48. The van der Waals surface area contributed by atoms with Gasteiger partial charge in [-0.05, 0) is 68.1 Å². The highest BCUT2D eigenvalue weighted by Gasteiger charge is 2.10. The van der Waals surface area contributed by atoms with Crippen molar-refractivity contribution in [1.29, 1.82) is 0 Å². The van der Waals surface area contributed by atoms with Gasteiger partial charge >= 0.3 is 0 Å². The molecule has 3 N–H and O–H groups in total. The number of rotatable bonds is 5. The topological polar surface area (TPSA) is 47.5 Å². The van der Waals surface area contributed by atoms with E-state index in [1.165, 1.54) is 38.0 Å². The van der Waals surface area contributed by atoms with Gasteiger partial charge in [-0.15, -0.1) is 0 Å². The van der Waals surface area contributed by atoms with Crippen LogP contribution in [-0.4, -0.2) is 18.3 Å². The zero-order valence-corrected chi connectivity index (χ0v) is 13.6. The first-order chi connectivity index (χ1) is 11.3. The average molecular weight is 311 g/mol. The summed E-state index contributed by atoms with van der Waals surface area (Å²) in [5.74, 6) is 0. The van der Waals surface area contributed by atoms with Gasteiger partial charge in [0.15, 0.2) is 0 Å². The number of nitrogens with zero attached hydrogens (tertiary/aromatic N) is 1. The van der Waals surface area contributed by atoms with Gasteiger partial charge in [0.1, 0.15) is 0 Å². The van der Waals surface area contributed by atoms with E-state index in [0.717, 1.165) is 16.9 Å². The predicted molar refractivity (Wildman–Crippen MR) is 95.6 cm³/mol. The van der Waals surface area contributed by atoms with Gasteiger partial charge in [0.25, 0.3) is 0 Å². The summed E-state index contributed by atoms with van der Waals surface area (Å²) in [5, 5.41) is 12.4. The molecule has 0 aromatic heterocycles. The average Bonchev–Trinajstić information content (AvgIpc) is 2.63. The summed E-state index contributed by atoms with van der Waals surface area (Å²) < 4.78 is 0. The van der Waals surface area contributed by atoms with Crippen molar-refractivity contribution in [3.63, 3.8) is 0 Å².